The van der Waals surface area contributed by atoms with E-state index in [-0.39, 0.29) is 0 Å². The molecule has 0 aliphatic rings. The van der Waals surface area contributed by atoms with E-state index in [1.165, 1.54) is 27.7 Å². The summed E-state index contributed by atoms with van der Waals surface area (Å²) in [5.41, 5.74) is 5.20. The Hall–Kier alpha value is -2.22. The van der Waals surface area contributed by atoms with Gasteiger partial charge in [0.15, 0.2) is 0 Å². The van der Waals surface area contributed by atoms with Crippen LogP contribution in [-0.2, 0) is 6.42 Å². The zero-order chi connectivity index (χ0) is 13.2. The summed E-state index contributed by atoms with van der Waals surface area (Å²) < 4.78 is 0. The minimum Gasteiger partial charge on any atom is -0.377 e. The van der Waals surface area contributed by atoms with Crippen LogP contribution < -0.4 is 4.90 Å². The molecule has 0 saturated carbocycles. The van der Waals surface area contributed by atoms with Crippen molar-refractivity contribution in [3.63, 3.8) is 0 Å². The molecule has 3 aromatic rings. The zero-order valence-corrected chi connectivity index (χ0v) is 11.4. The molecular formula is C17H18N2. The first-order chi connectivity index (χ1) is 9.25. The van der Waals surface area contributed by atoms with E-state index in [0.29, 0.717) is 0 Å². The third-order valence-electron chi connectivity index (χ3n) is 3.53. The van der Waals surface area contributed by atoms with Crippen LogP contribution in [0.1, 0.15) is 11.1 Å². The first-order valence-electron chi connectivity index (χ1n) is 6.56. The van der Waals surface area contributed by atoms with Gasteiger partial charge in [-0.1, -0.05) is 36.4 Å². The first-order valence-corrected chi connectivity index (χ1v) is 6.56. The van der Waals surface area contributed by atoms with Gasteiger partial charge in [0.05, 0.1) is 0 Å². The predicted molar refractivity (Wildman–Crippen MR) is 81.9 cm³/mol. The van der Waals surface area contributed by atoms with Crippen molar-refractivity contribution in [2.45, 2.75) is 6.42 Å². The quantitative estimate of drug-likeness (QED) is 0.748. The molecule has 1 aromatic heterocycles. The molecule has 3 rings (SSSR count). The van der Waals surface area contributed by atoms with Gasteiger partial charge in [-0.25, -0.2) is 0 Å². The number of H-pyrrole nitrogens is 1. The van der Waals surface area contributed by atoms with Crippen LogP contribution in [0.3, 0.4) is 0 Å². The SMILES string of the molecule is CN(C)c1ccccc1Cc1c[nH]c2ccccc12. The maximum absolute atomic E-state index is 3.34. The van der Waals surface area contributed by atoms with E-state index in [4.69, 9.17) is 0 Å². The number of fused-ring (bicyclic) bond motifs is 1. The Balaban J connectivity index is 2.02. The van der Waals surface area contributed by atoms with Crippen LogP contribution >= 0.6 is 0 Å². The van der Waals surface area contributed by atoms with Crippen molar-refractivity contribution in [3.05, 3.63) is 65.9 Å². The second kappa shape index (κ2) is 4.81. The standard InChI is InChI=1S/C17H18N2/c1-19(2)17-10-6-3-7-13(17)11-14-12-18-16-9-5-4-8-15(14)16/h3-10,12,18H,11H2,1-2H3. The van der Waals surface area contributed by atoms with Crippen LogP contribution in [0.15, 0.2) is 54.7 Å². The van der Waals surface area contributed by atoms with E-state index < -0.39 is 0 Å². The molecule has 0 atom stereocenters. The van der Waals surface area contributed by atoms with Crippen LogP contribution in [0, 0.1) is 0 Å². The van der Waals surface area contributed by atoms with Gasteiger partial charge in [0.2, 0.25) is 0 Å². The Kier molecular flexibility index (Phi) is 3.00. The third-order valence-corrected chi connectivity index (χ3v) is 3.53. The van der Waals surface area contributed by atoms with Gasteiger partial charge in [-0.2, -0.15) is 0 Å². The lowest BCUT2D eigenvalue weighted by molar-refractivity contribution is 1.08. The van der Waals surface area contributed by atoms with E-state index >= 15 is 0 Å². The molecular weight excluding hydrogens is 232 g/mol. The average molecular weight is 250 g/mol. The lowest BCUT2D eigenvalue weighted by Crippen LogP contribution is -2.11. The van der Waals surface area contributed by atoms with Crippen LogP contribution in [0.2, 0.25) is 0 Å². The van der Waals surface area contributed by atoms with Crippen molar-refractivity contribution in [2.75, 3.05) is 19.0 Å². The molecule has 0 aliphatic heterocycles. The van der Waals surface area contributed by atoms with Crippen molar-refractivity contribution in [3.8, 4) is 0 Å². The fraction of sp³-hybridized carbons (Fsp3) is 0.176. The highest BCUT2D eigenvalue weighted by molar-refractivity contribution is 5.83. The summed E-state index contributed by atoms with van der Waals surface area (Å²) in [7, 11) is 4.18. The zero-order valence-electron chi connectivity index (χ0n) is 11.4. The molecule has 19 heavy (non-hydrogen) atoms. The Bertz CT molecular complexity index is 695. The molecule has 2 aromatic carbocycles. The molecule has 2 nitrogen and oxygen atoms in total. The maximum Gasteiger partial charge on any atom is 0.0456 e. The topological polar surface area (TPSA) is 19.0 Å². The number of nitrogens with one attached hydrogen (secondary N) is 1. The minimum atomic E-state index is 0.957. The van der Waals surface area contributed by atoms with E-state index in [1.807, 2.05) is 0 Å². The molecule has 0 aliphatic carbocycles. The third kappa shape index (κ3) is 2.22. The number of rotatable bonds is 3. The molecule has 0 radical (unpaired) electrons. The number of para-hydroxylation sites is 2. The van der Waals surface area contributed by atoms with E-state index in [1.54, 1.807) is 0 Å². The van der Waals surface area contributed by atoms with Crippen molar-refractivity contribution in [1.82, 2.24) is 4.98 Å². The van der Waals surface area contributed by atoms with Gasteiger partial charge >= 0.3 is 0 Å². The van der Waals surface area contributed by atoms with E-state index in [0.717, 1.165) is 6.42 Å². The van der Waals surface area contributed by atoms with Crippen molar-refractivity contribution < 1.29 is 0 Å². The van der Waals surface area contributed by atoms with Crippen LogP contribution in [0.5, 0.6) is 0 Å². The van der Waals surface area contributed by atoms with Crippen LogP contribution in [0.25, 0.3) is 10.9 Å². The van der Waals surface area contributed by atoms with Crippen molar-refractivity contribution in [2.24, 2.45) is 0 Å². The smallest absolute Gasteiger partial charge is 0.0456 e. The van der Waals surface area contributed by atoms with Gasteiger partial charge in [0.1, 0.15) is 0 Å². The predicted octanol–water partition coefficient (Wildman–Crippen LogP) is 3.82. The molecule has 1 N–H and O–H groups in total. The van der Waals surface area contributed by atoms with Gasteiger partial charge < -0.3 is 9.88 Å². The number of aromatic amines is 1. The molecule has 0 saturated heterocycles. The number of benzene rings is 2. The summed E-state index contributed by atoms with van der Waals surface area (Å²) in [4.78, 5) is 5.51. The maximum atomic E-state index is 3.34. The van der Waals surface area contributed by atoms with Gasteiger partial charge in [-0.05, 0) is 23.3 Å². The fourth-order valence-corrected chi connectivity index (χ4v) is 2.58. The largest absolute Gasteiger partial charge is 0.377 e. The molecule has 0 bridgehead atoms. The van der Waals surface area contributed by atoms with Gasteiger partial charge in [-0.3, -0.25) is 0 Å². The Morgan fingerprint density at radius 1 is 0.895 bits per heavy atom. The monoisotopic (exact) mass is 250 g/mol. The Morgan fingerprint density at radius 2 is 1.63 bits per heavy atom. The number of aromatic nitrogens is 1. The van der Waals surface area contributed by atoms with Crippen molar-refractivity contribution >= 4 is 16.6 Å². The second-order valence-corrected chi connectivity index (χ2v) is 5.06. The van der Waals surface area contributed by atoms with E-state index in [2.05, 4.69) is 78.7 Å². The molecule has 0 fully saturated rings. The number of anilines is 1. The van der Waals surface area contributed by atoms with Gasteiger partial charge in [-0.15, -0.1) is 0 Å². The second-order valence-electron chi connectivity index (χ2n) is 5.06. The molecule has 0 amide bonds. The Morgan fingerprint density at radius 3 is 2.47 bits per heavy atom. The normalized spacial score (nSPS) is 10.8. The van der Waals surface area contributed by atoms with Crippen LogP contribution in [0.4, 0.5) is 5.69 Å². The van der Waals surface area contributed by atoms with Crippen LogP contribution in [-0.4, -0.2) is 19.1 Å². The number of hydrogen-bond acceptors (Lipinski definition) is 1. The lowest BCUT2D eigenvalue weighted by atomic mass is 10.0. The highest BCUT2D eigenvalue weighted by Gasteiger charge is 2.08. The molecule has 2 heteroatoms. The number of hydrogen-bond donors (Lipinski definition) is 1. The van der Waals surface area contributed by atoms with E-state index in [9.17, 15) is 0 Å². The highest BCUT2D eigenvalue weighted by Crippen LogP contribution is 2.25. The summed E-state index contributed by atoms with van der Waals surface area (Å²) in [5, 5.41) is 1.32. The number of nitrogens with zero attached hydrogens (tertiary/aromatic N) is 1. The molecule has 96 valence electrons. The molecule has 0 unspecified atom stereocenters. The minimum absolute atomic E-state index is 0.957. The van der Waals surface area contributed by atoms with Gasteiger partial charge in [0, 0.05) is 43.3 Å². The van der Waals surface area contributed by atoms with Crippen molar-refractivity contribution in [1.29, 1.82) is 0 Å². The summed E-state index contributed by atoms with van der Waals surface area (Å²) in [5.74, 6) is 0. The first kappa shape index (κ1) is 11.8. The fourth-order valence-electron chi connectivity index (χ4n) is 2.58. The summed E-state index contributed by atoms with van der Waals surface area (Å²) in [6.45, 7) is 0. The lowest BCUT2D eigenvalue weighted by Gasteiger charge is -2.17. The molecule has 1 heterocycles. The van der Waals surface area contributed by atoms with Gasteiger partial charge in [0.25, 0.3) is 0 Å². The highest BCUT2D eigenvalue weighted by atomic mass is 15.1. The summed E-state index contributed by atoms with van der Waals surface area (Å²) in [6.07, 6.45) is 3.08. The Labute approximate surface area is 113 Å². The summed E-state index contributed by atoms with van der Waals surface area (Å²) >= 11 is 0. The molecule has 0 spiro atoms. The average Bonchev–Trinajstić information content (AvgIpc) is 2.83. The summed E-state index contributed by atoms with van der Waals surface area (Å²) in [6, 6.07) is 17.0.